The van der Waals surface area contributed by atoms with Crippen LogP contribution < -0.4 is 4.74 Å². The van der Waals surface area contributed by atoms with Crippen molar-refractivity contribution in [2.24, 2.45) is 0 Å². The second kappa shape index (κ2) is 5.53. The third-order valence-corrected chi connectivity index (χ3v) is 3.56. The number of halogens is 2. The van der Waals surface area contributed by atoms with Gasteiger partial charge < -0.3 is 4.74 Å². The molecule has 0 N–H and O–H groups in total. The van der Waals surface area contributed by atoms with Crippen LogP contribution in [0.2, 0.25) is 0 Å². The molecule has 2 aromatic rings. The molecule has 0 saturated heterocycles. The first-order chi connectivity index (χ1) is 8.58. The Balaban J connectivity index is 2.19. The van der Waals surface area contributed by atoms with Gasteiger partial charge in [0.15, 0.2) is 0 Å². The third kappa shape index (κ3) is 2.91. The van der Waals surface area contributed by atoms with Crippen LogP contribution in [0.5, 0.6) is 5.75 Å². The maximum Gasteiger partial charge on any atom is 0.136 e. The summed E-state index contributed by atoms with van der Waals surface area (Å²) < 4.78 is 19.6. The molecule has 0 aliphatic heterocycles. The highest BCUT2D eigenvalue weighted by Gasteiger charge is 2.06. The molecule has 18 heavy (non-hydrogen) atoms. The molecule has 0 spiro atoms. The zero-order chi connectivity index (χ0) is 13.1. The fraction of sp³-hybridized carbons (Fsp3) is 0.200. The van der Waals surface area contributed by atoms with Gasteiger partial charge in [0.1, 0.15) is 18.2 Å². The van der Waals surface area contributed by atoms with Crippen LogP contribution in [0.3, 0.4) is 0 Å². The molecule has 0 aliphatic carbocycles. The molecule has 0 saturated carbocycles. The van der Waals surface area contributed by atoms with E-state index in [1.807, 2.05) is 32.0 Å². The lowest BCUT2D eigenvalue weighted by molar-refractivity contribution is 0.301. The molecule has 0 aliphatic rings. The molecule has 0 radical (unpaired) electrons. The van der Waals surface area contributed by atoms with Crippen molar-refractivity contribution >= 4 is 15.9 Å². The fourth-order valence-electron chi connectivity index (χ4n) is 1.81. The van der Waals surface area contributed by atoms with E-state index >= 15 is 0 Å². The van der Waals surface area contributed by atoms with Crippen molar-refractivity contribution in [1.82, 2.24) is 0 Å². The van der Waals surface area contributed by atoms with Gasteiger partial charge in [-0.3, -0.25) is 0 Å². The van der Waals surface area contributed by atoms with E-state index in [1.165, 1.54) is 23.3 Å². The summed E-state index contributed by atoms with van der Waals surface area (Å²) in [6.45, 7) is 4.54. The van der Waals surface area contributed by atoms with Crippen molar-refractivity contribution in [1.29, 1.82) is 0 Å². The molecule has 1 nitrogen and oxygen atoms in total. The van der Waals surface area contributed by atoms with Gasteiger partial charge in [-0.05, 0) is 58.6 Å². The lowest BCUT2D eigenvalue weighted by Crippen LogP contribution is -2.01. The molecule has 2 rings (SSSR count). The lowest BCUT2D eigenvalue weighted by atomic mass is 10.0. The predicted molar refractivity (Wildman–Crippen MR) is 74.3 cm³/mol. The van der Waals surface area contributed by atoms with E-state index in [4.69, 9.17) is 4.74 Å². The van der Waals surface area contributed by atoms with Gasteiger partial charge in [0.2, 0.25) is 0 Å². The van der Waals surface area contributed by atoms with E-state index < -0.39 is 0 Å². The number of hydrogen-bond acceptors (Lipinski definition) is 1. The number of hydrogen-bond donors (Lipinski definition) is 0. The van der Waals surface area contributed by atoms with E-state index in [9.17, 15) is 4.39 Å². The summed E-state index contributed by atoms with van der Waals surface area (Å²) in [5.74, 6) is 0.229. The zero-order valence-electron chi connectivity index (χ0n) is 10.3. The Morgan fingerprint density at radius 2 is 1.78 bits per heavy atom. The minimum atomic E-state index is -0.297. The van der Waals surface area contributed by atoms with Crippen LogP contribution in [-0.2, 0) is 6.61 Å². The highest BCUT2D eigenvalue weighted by Crippen LogP contribution is 2.27. The summed E-state index contributed by atoms with van der Waals surface area (Å²) in [7, 11) is 0. The highest BCUT2D eigenvalue weighted by molar-refractivity contribution is 9.10. The van der Waals surface area contributed by atoms with Crippen LogP contribution in [0.4, 0.5) is 4.39 Å². The number of ether oxygens (including phenoxy) is 1. The summed E-state index contributed by atoms with van der Waals surface area (Å²) in [5.41, 5.74) is 3.51. The summed E-state index contributed by atoms with van der Waals surface area (Å²) in [5, 5.41) is 0. The first-order valence-electron chi connectivity index (χ1n) is 5.71. The van der Waals surface area contributed by atoms with Crippen molar-refractivity contribution in [3.8, 4) is 5.75 Å². The van der Waals surface area contributed by atoms with Crippen LogP contribution in [0.25, 0.3) is 0 Å². The summed E-state index contributed by atoms with van der Waals surface area (Å²) in [4.78, 5) is 0. The van der Waals surface area contributed by atoms with Gasteiger partial charge in [-0.25, -0.2) is 4.39 Å². The number of aryl methyl sites for hydroxylation is 2. The van der Waals surface area contributed by atoms with Crippen molar-refractivity contribution in [2.75, 3.05) is 0 Å². The van der Waals surface area contributed by atoms with Crippen molar-refractivity contribution in [3.05, 3.63) is 63.4 Å². The Kier molecular flexibility index (Phi) is 4.02. The maximum absolute atomic E-state index is 13.1. The molecule has 0 bridgehead atoms. The van der Waals surface area contributed by atoms with E-state index in [2.05, 4.69) is 15.9 Å². The topological polar surface area (TPSA) is 9.23 Å². The molecular formula is C15H14BrFO. The van der Waals surface area contributed by atoms with Crippen molar-refractivity contribution in [2.45, 2.75) is 20.5 Å². The highest BCUT2D eigenvalue weighted by atomic mass is 79.9. The lowest BCUT2D eigenvalue weighted by Gasteiger charge is -2.12. The molecule has 0 amide bonds. The second-order valence-electron chi connectivity index (χ2n) is 4.23. The van der Waals surface area contributed by atoms with Crippen molar-refractivity contribution < 1.29 is 9.13 Å². The number of benzene rings is 2. The van der Waals surface area contributed by atoms with E-state index in [0.717, 1.165) is 10.0 Å². The average Bonchev–Trinajstić information content (AvgIpc) is 2.33. The molecule has 0 unspecified atom stereocenters. The minimum Gasteiger partial charge on any atom is -0.488 e. The van der Waals surface area contributed by atoms with Gasteiger partial charge in [0.25, 0.3) is 0 Å². The van der Waals surface area contributed by atoms with Gasteiger partial charge in [0.05, 0.1) is 4.47 Å². The Morgan fingerprint density at radius 1 is 1.11 bits per heavy atom. The predicted octanol–water partition coefficient (Wildman–Crippen LogP) is 4.78. The Hall–Kier alpha value is -1.35. The van der Waals surface area contributed by atoms with Gasteiger partial charge in [-0.1, -0.05) is 18.2 Å². The molecule has 0 atom stereocenters. The first kappa shape index (κ1) is 13.1. The average molecular weight is 309 g/mol. The second-order valence-corrected chi connectivity index (χ2v) is 5.09. The maximum atomic E-state index is 13.1. The summed E-state index contributed by atoms with van der Waals surface area (Å²) in [6.07, 6.45) is 0. The molecular weight excluding hydrogens is 295 g/mol. The van der Waals surface area contributed by atoms with Crippen molar-refractivity contribution in [3.63, 3.8) is 0 Å². The quantitative estimate of drug-likeness (QED) is 0.792. The zero-order valence-corrected chi connectivity index (χ0v) is 11.9. The van der Waals surface area contributed by atoms with Crippen LogP contribution in [0.1, 0.15) is 16.7 Å². The Bertz CT molecular complexity index is 546. The summed E-state index contributed by atoms with van der Waals surface area (Å²) >= 11 is 3.35. The number of rotatable bonds is 3. The van der Waals surface area contributed by atoms with Crippen LogP contribution in [-0.4, -0.2) is 0 Å². The largest absolute Gasteiger partial charge is 0.488 e. The minimum absolute atomic E-state index is 0.297. The van der Waals surface area contributed by atoms with E-state index in [0.29, 0.717) is 12.4 Å². The standard InChI is InChI=1S/C15H14BrFO/c1-10-4-3-5-11(2)13(10)9-18-15-8-12(17)6-7-14(15)16/h3-8H,9H2,1-2H3. The molecule has 0 heterocycles. The summed E-state index contributed by atoms with van der Waals surface area (Å²) in [6, 6.07) is 10.5. The Morgan fingerprint density at radius 3 is 2.44 bits per heavy atom. The third-order valence-electron chi connectivity index (χ3n) is 2.91. The molecule has 94 valence electrons. The molecule has 0 aromatic heterocycles. The van der Waals surface area contributed by atoms with E-state index in [-0.39, 0.29) is 5.82 Å². The monoisotopic (exact) mass is 308 g/mol. The van der Waals surface area contributed by atoms with Gasteiger partial charge in [0, 0.05) is 6.07 Å². The van der Waals surface area contributed by atoms with Crippen LogP contribution in [0, 0.1) is 19.7 Å². The smallest absolute Gasteiger partial charge is 0.136 e. The molecule has 0 fully saturated rings. The van der Waals surface area contributed by atoms with E-state index in [1.54, 1.807) is 6.07 Å². The molecule has 3 heteroatoms. The Labute approximate surface area is 115 Å². The van der Waals surface area contributed by atoms with Crippen LogP contribution in [0.15, 0.2) is 40.9 Å². The molecule has 2 aromatic carbocycles. The normalized spacial score (nSPS) is 10.4. The van der Waals surface area contributed by atoms with Gasteiger partial charge in [-0.15, -0.1) is 0 Å². The SMILES string of the molecule is Cc1cccc(C)c1COc1cc(F)ccc1Br. The van der Waals surface area contributed by atoms with Gasteiger partial charge in [-0.2, -0.15) is 0 Å². The van der Waals surface area contributed by atoms with Crippen LogP contribution >= 0.6 is 15.9 Å². The van der Waals surface area contributed by atoms with Gasteiger partial charge >= 0.3 is 0 Å². The first-order valence-corrected chi connectivity index (χ1v) is 6.50. The fourth-order valence-corrected chi connectivity index (χ4v) is 2.18.